The smallest absolute Gasteiger partial charge is 0.344 e. The van der Waals surface area contributed by atoms with Gasteiger partial charge in [0, 0.05) is 0 Å². The van der Waals surface area contributed by atoms with Gasteiger partial charge in [0.15, 0.2) is 0 Å². The van der Waals surface area contributed by atoms with Gasteiger partial charge in [-0.2, -0.15) is 0 Å². The van der Waals surface area contributed by atoms with Crippen molar-refractivity contribution in [2.75, 3.05) is 26.4 Å². The summed E-state index contributed by atoms with van der Waals surface area (Å²) < 4.78 is 31.6. The van der Waals surface area contributed by atoms with Gasteiger partial charge in [-0.25, -0.2) is 9.59 Å². The first-order valence-electron chi connectivity index (χ1n) is 4.89. The number of cyclic esters (lactones) is 2. The molecule has 2 atom stereocenters. The summed E-state index contributed by atoms with van der Waals surface area (Å²) >= 11 is 5.79. The third kappa shape index (κ3) is 2.47. The van der Waals surface area contributed by atoms with Crippen LogP contribution in [0.3, 0.4) is 0 Å². The molecule has 0 N–H and O–H groups in total. The van der Waals surface area contributed by atoms with E-state index in [4.69, 9.17) is 20.7 Å². The molecule has 0 aromatic rings. The highest BCUT2D eigenvalue weighted by Crippen LogP contribution is 2.62. The highest BCUT2D eigenvalue weighted by atomic mass is 35.7. The quantitative estimate of drug-likeness (QED) is 0.532. The second kappa shape index (κ2) is 4.94. The molecule has 0 aromatic carbocycles. The predicted octanol–water partition coefficient (Wildman–Crippen LogP) is 0.302. The molecule has 0 bridgehead atoms. The molecule has 0 saturated carbocycles. The lowest BCUT2D eigenvalue weighted by Gasteiger charge is -2.30. The van der Waals surface area contributed by atoms with E-state index < -0.39 is 30.1 Å². The van der Waals surface area contributed by atoms with Crippen molar-refractivity contribution >= 4 is 29.7 Å². The van der Waals surface area contributed by atoms with E-state index in [0.717, 1.165) is 0 Å². The van der Waals surface area contributed by atoms with Crippen LogP contribution >= 0.6 is 17.7 Å². The first-order chi connectivity index (χ1) is 8.03. The molecule has 2 rings (SSSR count). The molecular formula is C8H10ClO7P. The lowest BCUT2D eigenvalue weighted by atomic mass is 10.6. The zero-order chi connectivity index (χ0) is 12.5. The summed E-state index contributed by atoms with van der Waals surface area (Å²) in [5.74, 6) is -4.66. The SMILES string of the molecule is O=C1OCCOC1P(=O)(Cl)C1OCCOC1=O. The van der Waals surface area contributed by atoms with Gasteiger partial charge in [0.1, 0.15) is 13.2 Å². The number of carbonyl (C=O) groups excluding carboxylic acids is 2. The first-order valence-corrected chi connectivity index (χ1v) is 7.64. The minimum Gasteiger partial charge on any atom is -0.461 e. The molecule has 96 valence electrons. The molecule has 0 spiro atoms. The van der Waals surface area contributed by atoms with Crippen LogP contribution in [-0.4, -0.2) is 50.1 Å². The third-order valence-corrected chi connectivity index (χ3v) is 5.31. The van der Waals surface area contributed by atoms with E-state index in [1.807, 2.05) is 0 Å². The summed E-state index contributed by atoms with van der Waals surface area (Å²) in [6.07, 6.45) is 0. The van der Waals surface area contributed by atoms with Crippen molar-refractivity contribution in [3.8, 4) is 0 Å². The van der Waals surface area contributed by atoms with Gasteiger partial charge in [-0.15, -0.1) is 0 Å². The molecule has 2 saturated heterocycles. The fraction of sp³-hybridized carbons (Fsp3) is 0.750. The van der Waals surface area contributed by atoms with Gasteiger partial charge in [0.25, 0.3) is 0 Å². The number of esters is 2. The Morgan fingerprint density at radius 2 is 1.35 bits per heavy atom. The summed E-state index contributed by atoms with van der Waals surface area (Å²) in [7, 11) is 0. The zero-order valence-corrected chi connectivity index (χ0v) is 10.3. The normalized spacial score (nSPS) is 33.5. The summed E-state index contributed by atoms with van der Waals surface area (Å²) in [5.41, 5.74) is 0. The third-order valence-electron chi connectivity index (χ3n) is 2.25. The van der Waals surface area contributed by atoms with Crippen molar-refractivity contribution < 1.29 is 33.1 Å². The van der Waals surface area contributed by atoms with E-state index >= 15 is 0 Å². The lowest BCUT2D eigenvalue weighted by molar-refractivity contribution is -0.166. The Balaban J connectivity index is 2.18. The Kier molecular flexibility index (Phi) is 3.73. The number of carbonyl (C=O) groups is 2. The number of hydrogen-bond donors (Lipinski definition) is 0. The molecule has 17 heavy (non-hydrogen) atoms. The minimum atomic E-state index is -3.88. The van der Waals surface area contributed by atoms with Crippen LogP contribution in [0.4, 0.5) is 0 Å². The van der Waals surface area contributed by atoms with E-state index in [1.165, 1.54) is 0 Å². The molecule has 2 aliphatic rings. The van der Waals surface area contributed by atoms with Crippen LogP contribution in [0.1, 0.15) is 0 Å². The molecule has 0 radical (unpaired) electrons. The summed E-state index contributed by atoms with van der Waals surface area (Å²) in [4.78, 5) is 22.8. The Morgan fingerprint density at radius 3 is 1.71 bits per heavy atom. The van der Waals surface area contributed by atoms with Crippen LogP contribution < -0.4 is 0 Å². The van der Waals surface area contributed by atoms with Gasteiger partial charge >= 0.3 is 11.9 Å². The number of ether oxygens (including phenoxy) is 4. The van der Waals surface area contributed by atoms with Crippen LogP contribution in [0.2, 0.25) is 0 Å². The zero-order valence-electron chi connectivity index (χ0n) is 8.67. The van der Waals surface area contributed by atoms with Crippen molar-refractivity contribution in [2.45, 2.75) is 11.7 Å². The summed E-state index contributed by atoms with van der Waals surface area (Å²) in [6, 6.07) is 0. The van der Waals surface area contributed by atoms with E-state index in [9.17, 15) is 14.2 Å². The second-order valence-electron chi connectivity index (χ2n) is 3.41. The molecule has 7 nitrogen and oxygen atoms in total. The van der Waals surface area contributed by atoms with Crippen molar-refractivity contribution in [3.63, 3.8) is 0 Å². The average molecular weight is 285 g/mol. The predicted molar refractivity (Wildman–Crippen MR) is 54.9 cm³/mol. The van der Waals surface area contributed by atoms with Gasteiger partial charge in [0.05, 0.1) is 13.2 Å². The molecule has 0 aliphatic carbocycles. The van der Waals surface area contributed by atoms with Gasteiger partial charge in [-0.3, -0.25) is 4.57 Å². The molecule has 0 aromatic heterocycles. The van der Waals surface area contributed by atoms with Gasteiger partial charge < -0.3 is 18.9 Å². The number of halogens is 1. The fourth-order valence-corrected chi connectivity index (χ4v) is 3.90. The summed E-state index contributed by atoms with van der Waals surface area (Å²) in [6.45, 7) is -3.58. The monoisotopic (exact) mass is 284 g/mol. The maximum atomic E-state index is 12.3. The Bertz CT molecular complexity index is 352. The van der Waals surface area contributed by atoms with Gasteiger partial charge in [0.2, 0.25) is 18.2 Å². The van der Waals surface area contributed by atoms with E-state index in [0.29, 0.717) is 0 Å². The topological polar surface area (TPSA) is 88.1 Å². The highest BCUT2D eigenvalue weighted by Gasteiger charge is 2.52. The van der Waals surface area contributed by atoms with Crippen molar-refractivity contribution in [2.24, 2.45) is 0 Å². The molecule has 2 heterocycles. The standard InChI is InChI=1S/C8H10ClO7P/c9-17(12,7-5(10)13-1-3-15-7)8-6(11)14-2-4-16-8/h7-8H,1-4H2. The molecule has 2 fully saturated rings. The van der Waals surface area contributed by atoms with E-state index in [1.54, 1.807) is 0 Å². The molecule has 0 amide bonds. The highest BCUT2D eigenvalue weighted by molar-refractivity contribution is 7.91. The van der Waals surface area contributed by atoms with Crippen molar-refractivity contribution in [1.29, 1.82) is 0 Å². The molecule has 9 heteroatoms. The van der Waals surface area contributed by atoms with Crippen LogP contribution in [0.5, 0.6) is 0 Å². The Morgan fingerprint density at radius 1 is 0.941 bits per heavy atom. The van der Waals surface area contributed by atoms with E-state index in [-0.39, 0.29) is 26.4 Å². The Labute approximate surface area is 101 Å². The van der Waals surface area contributed by atoms with Crippen LogP contribution in [0.25, 0.3) is 0 Å². The van der Waals surface area contributed by atoms with Crippen molar-refractivity contribution in [3.05, 3.63) is 0 Å². The molecule has 2 aliphatic heterocycles. The van der Waals surface area contributed by atoms with Gasteiger partial charge in [-0.05, 0) is 11.2 Å². The summed E-state index contributed by atoms with van der Waals surface area (Å²) in [5, 5.41) is 0. The maximum Gasteiger partial charge on any atom is 0.344 e. The maximum absolute atomic E-state index is 12.3. The lowest BCUT2D eigenvalue weighted by Crippen LogP contribution is -2.40. The minimum absolute atomic E-state index is 0.0716. The van der Waals surface area contributed by atoms with Crippen molar-refractivity contribution in [1.82, 2.24) is 0 Å². The fourth-order valence-electron chi connectivity index (χ4n) is 1.50. The first kappa shape index (κ1) is 12.8. The number of rotatable bonds is 2. The van der Waals surface area contributed by atoms with Crippen LogP contribution in [-0.2, 0) is 33.1 Å². The molecule has 2 unspecified atom stereocenters. The van der Waals surface area contributed by atoms with Crippen LogP contribution in [0, 0.1) is 0 Å². The molecular weight excluding hydrogens is 275 g/mol. The van der Waals surface area contributed by atoms with Crippen LogP contribution in [0.15, 0.2) is 0 Å². The van der Waals surface area contributed by atoms with Gasteiger partial charge in [-0.1, -0.05) is 0 Å². The second-order valence-corrected chi connectivity index (χ2v) is 7.18. The number of hydrogen-bond acceptors (Lipinski definition) is 7. The largest absolute Gasteiger partial charge is 0.461 e. The van der Waals surface area contributed by atoms with E-state index in [2.05, 4.69) is 9.47 Å². The average Bonchev–Trinajstić information content (AvgIpc) is 2.29. The Hall–Kier alpha value is -0.620.